The Bertz CT molecular complexity index is 873. The van der Waals surface area contributed by atoms with E-state index in [4.69, 9.17) is 18.9 Å². The molecule has 1 fully saturated rings. The van der Waals surface area contributed by atoms with Crippen molar-refractivity contribution < 1.29 is 38.1 Å². The Morgan fingerprint density at radius 2 is 1.96 bits per heavy atom. The lowest BCUT2D eigenvalue weighted by molar-refractivity contribution is -0.162. The van der Waals surface area contributed by atoms with Crippen LogP contribution >= 0.6 is 0 Å². The van der Waals surface area contributed by atoms with Crippen molar-refractivity contribution in [1.29, 1.82) is 0 Å². The normalized spacial score (nSPS) is 23.6. The predicted molar refractivity (Wildman–Crippen MR) is 88.0 cm³/mol. The zero-order valence-corrected chi connectivity index (χ0v) is 15.0. The van der Waals surface area contributed by atoms with Crippen LogP contribution in [0.2, 0.25) is 0 Å². The number of esters is 2. The topological polar surface area (TPSA) is 160 Å². The van der Waals surface area contributed by atoms with Gasteiger partial charge in [-0.15, -0.1) is 0 Å². The number of nitrogens with one attached hydrogen (secondary N) is 1. The van der Waals surface area contributed by atoms with Gasteiger partial charge in [-0.3, -0.25) is 33.5 Å². The molecule has 1 aliphatic heterocycles. The summed E-state index contributed by atoms with van der Waals surface area (Å²) in [6.45, 7) is 1.97. The number of rotatable bonds is 8. The Morgan fingerprint density at radius 1 is 1.25 bits per heavy atom. The van der Waals surface area contributed by atoms with E-state index in [-0.39, 0.29) is 6.47 Å². The van der Waals surface area contributed by atoms with Crippen molar-refractivity contribution in [3.8, 4) is 0 Å². The number of carbonyl (C=O) groups excluding carboxylic acids is 4. The Morgan fingerprint density at radius 3 is 2.54 bits per heavy atom. The van der Waals surface area contributed by atoms with Gasteiger partial charge in [-0.05, 0) is 6.92 Å². The number of ether oxygens (including phenoxy) is 4. The zero-order valence-electron chi connectivity index (χ0n) is 15.0. The molecule has 1 aromatic heterocycles. The molecule has 0 aromatic carbocycles. The first-order valence-corrected chi connectivity index (χ1v) is 8.11. The quantitative estimate of drug-likeness (QED) is 0.234. The fourth-order valence-electron chi connectivity index (χ4n) is 2.67. The molecular weight excluding hydrogens is 380 g/mol. The van der Waals surface area contributed by atoms with Gasteiger partial charge in [-0.25, -0.2) is 4.79 Å². The number of aromatic nitrogens is 2. The van der Waals surface area contributed by atoms with E-state index >= 15 is 0 Å². The molecule has 2 heterocycles. The number of carbonyl (C=O) groups is 4. The van der Waals surface area contributed by atoms with Crippen LogP contribution in [-0.4, -0.2) is 58.7 Å². The highest BCUT2D eigenvalue weighted by molar-refractivity contribution is 5.94. The molecule has 152 valence electrons. The van der Waals surface area contributed by atoms with Crippen LogP contribution in [0.5, 0.6) is 0 Å². The van der Waals surface area contributed by atoms with Crippen molar-refractivity contribution in [2.45, 2.75) is 44.8 Å². The van der Waals surface area contributed by atoms with Gasteiger partial charge in [0.1, 0.15) is 24.9 Å². The van der Waals surface area contributed by atoms with Crippen LogP contribution < -0.4 is 11.2 Å². The summed E-state index contributed by atoms with van der Waals surface area (Å²) in [6.07, 6.45) is -4.19. The molecule has 0 unspecified atom stereocenters. The largest absolute Gasteiger partial charge is 0.462 e. The SMILES string of the molecule is CC(=O)CC(=O)OC[C@H]1O[C@@H](n2ccc(=O)[nH]c2=O)[C@H](OC=O)[C@@H]1OC(C)=O. The van der Waals surface area contributed by atoms with Gasteiger partial charge in [0.2, 0.25) is 0 Å². The number of nitrogens with zero attached hydrogens (tertiary/aromatic N) is 1. The number of hydrogen-bond acceptors (Lipinski definition) is 10. The second-order valence-electron chi connectivity index (χ2n) is 5.92. The van der Waals surface area contributed by atoms with E-state index in [0.29, 0.717) is 0 Å². The average Bonchev–Trinajstić information content (AvgIpc) is 2.90. The predicted octanol–water partition coefficient (Wildman–Crippen LogP) is -1.57. The first-order valence-electron chi connectivity index (χ1n) is 8.11. The highest BCUT2D eigenvalue weighted by Gasteiger charge is 2.50. The molecule has 28 heavy (non-hydrogen) atoms. The van der Waals surface area contributed by atoms with Crippen LogP contribution in [-0.2, 0) is 38.1 Å². The summed E-state index contributed by atoms with van der Waals surface area (Å²) < 4.78 is 21.6. The summed E-state index contributed by atoms with van der Waals surface area (Å²) in [5.74, 6) is -1.97. The summed E-state index contributed by atoms with van der Waals surface area (Å²) in [4.78, 5) is 70.3. The van der Waals surface area contributed by atoms with Crippen molar-refractivity contribution in [3.63, 3.8) is 0 Å². The van der Waals surface area contributed by atoms with Crippen molar-refractivity contribution in [3.05, 3.63) is 33.1 Å². The molecule has 0 aliphatic carbocycles. The summed E-state index contributed by atoms with van der Waals surface area (Å²) >= 11 is 0. The van der Waals surface area contributed by atoms with E-state index in [1.54, 1.807) is 0 Å². The molecule has 1 N–H and O–H groups in total. The number of Topliss-reactive ketones (excluding diaryl/α,β-unsaturated/α-hetero) is 1. The minimum absolute atomic E-state index is 0.0817. The molecule has 0 amide bonds. The van der Waals surface area contributed by atoms with Crippen molar-refractivity contribution >= 4 is 24.2 Å². The van der Waals surface area contributed by atoms with Gasteiger partial charge < -0.3 is 18.9 Å². The lowest BCUT2D eigenvalue weighted by Crippen LogP contribution is -2.41. The van der Waals surface area contributed by atoms with Gasteiger partial charge >= 0.3 is 17.6 Å². The van der Waals surface area contributed by atoms with Crippen LogP contribution in [0.1, 0.15) is 26.5 Å². The minimum Gasteiger partial charge on any atom is -0.462 e. The Kier molecular flexibility index (Phi) is 6.82. The molecule has 2 rings (SSSR count). The van der Waals surface area contributed by atoms with Crippen LogP contribution in [0.15, 0.2) is 21.9 Å². The minimum atomic E-state index is -1.27. The maximum absolute atomic E-state index is 12.1. The molecule has 0 spiro atoms. The van der Waals surface area contributed by atoms with Gasteiger partial charge in [-0.2, -0.15) is 0 Å². The van der Waals surface area contributed by atoms with Crippen LogP contribution in [0, 0.1) is 0 Å². The number of ketones is 1. The van der Waals surface area contributed by atoms with E-state index in [9.17, 15) is 28.8 Å². The molecule has 12 heteroatoms. The van der Waals surface area contributed by atoms with Gasteiger partial charge in [0.05, 0.1) is 0 Å². The van der Waals surface area contributed by atoms with E-state index in [1.807, 2.05) is 4.98 Å². The third-order valence-corrected chi connectivity index (χ3v) is 3.73. The standard InChI is InChI=1S/C16H18N2O10/c1-8(20)5-12(23)25-6-10-13(27-9(2)21)14(26-7-19)15(28-10)18-4-3-11(22)17-16(18)24/h3-4,7,10,13-15H,5-6H2,1-2H3,(H,17,22,24)/t10-,13-,14-,15-/m1/s1. The summed E-state index contributed by atoms with van der Waals surface area (Å²) in [5.41, 5.74) is -1.51. The van der Waals surface area contributed by atoms with Gasteiger partial charge in [0.25, 0.3) is 12.0 Å². The van der Waals surface area contributed by atoms with Gasteiger partial charge in [-0.1, -0.05) is 0 Å². The summed E-state index contributed by atoms with van der Waals surface area (Å²) in [6, 6.07) is 1.05. The average molecular weight is 398 g/mol. The summed E-state index contributed by atoms with van der Waals surface area (Å²) in [7, 11) is 0. The molecule has 12 nitrogen and oxygen atoms in total. The Labute approximate surface area is 157 Å². The van der Waals surface area contributed by atoms with E-state index < -0.39 is 66.5 Å². The van der Waals surface area contributed by atoms with Crippen LogP contribution in [0.25, 0.3) is 0 Å². The van der Waals surface area contributed by atoms with Gasteiger partial charge in [0.15, 0.2) is 18.4 Å². The van der Waals surface area contributed by atoms with Crippen molar-refractivity contribution in [2.75, 3.05) is 6.61 Å². The fraction of sp³-hybridized carbons (Fsp3) is 0.500. The molecule has 1 aromatic rings. The summed E-state index contributed by atoms with van der Waals surface area (Å²) in [5, 5.41) is 0. The molecule has 4 atom stereocenters. The number of aromatic amines is 1. The Hall–Kier alpha value is -3.28. The molecule has 1 aliphatic rings. The van der Waals surface area contributed by atoms with E-state index in [1.165, 1.54) is 6.92 Å². The second kappa shape index (κ2) is 9.08. The highest BCUT2D eigenvalue weighted by Crippen LogP contribution is 2.33. The zero-order chi connectivity index (χ0) is 20.8. The lowest BCUT2D eigenvalue weighted by Gasteiger charge is -2.22. The molecule has 0 saturated carbocycles. The first kappa shape index (κ1) is 21.0. The van der Waals surface area contributed by atoms with E-state index in [2.05, 4.69) is 0 Å². The third-order valence-electron chi connectivity index (χ3n) is 3.73. The van der Waals surface area contributed by atoms with E-state index in [0.717, 1.165) is 23.8 Å². The number of H-pyrrole nitrogens is 1. The smallest absolute Gasteiger partial charge is 0.330 e. The third kappa shape index (κ3) is 5.13. The molecule has 0 bridgehead atoms. The fourth-order valence-corrected chi connectivity index (χ4v) is 2.67. The maximum atomic E-state index is 12.1. The first-order chi connectivity index (χ1) is 13.2. The highest BCUT2D eigenvalue weighted by atomic mass is 16.7. The maximum Gasteiger partial charge on any atom is 0.330 e. The molecule has 1 saturated heterocycles. The Balaban J connectivity index is 2.30. The van der Waals surface area contributed by atoms with Crippen molar-refractivity contribution in [2.24, 2.45) is 0 Å². The van der Waals surface area contributed by atoms with Gasteiger partial charge in [0, 0.05) is 19.2 Å². The lowest BCUT2D eigenvalue weighted by atomic mass is 10.1. The molecular formula is C16H18N2O10. The second-order valence-corrected chi connectivity index (χ2v) is 5.92. The molecule has 0 radical (unpaired) electrons. The van der Waals surface area contributed by atoms with Crippen LogP contribution in [0.3, 0.4) is 0 Å². The van der Waals surface area contributed by atoms with Crippen molar-refractivity contribution in [1.82, 2.24) is 9.55 Å². The monoisotopic (exact) mass is 398 g/mol. The number of hydrogen-bond donors (Lipinski definition) is 1. The van der Waals surface area contributed by atoms with Crippen LogP contribution in [0.4, 0.5) is 0 Å².